The van der Waals surface area contributed by atoms with Crippen LogP contribution in [0.2, 0.25) is 0 Å². The van der Waals surface area contributed by atoms with E-state index >= 15 is 0 Å². The van der Waals surface area contributed by atoms with Gasteiger partial charge in [-0.25, -0.2) is 4.39 Å². The minimum absolute atomic E-state index is 0.00367. The second-order valence-electron chi connectivity index (χ2n) is 7.11. The lowest BCUT2D eigenvalue weighted by Crippen LogP contribution is -2.45. The Bertz CT molecular complexity index is 916. The number of likely N-dealkylation sites (N-methyl/N-ethyl adjacent to an activating group) is 1. The van der Waals surface area contributed by atoms with Crippen LogP contribution < -0.4 is 15.5 Å². The number of rotatable bonds is 5. The number of carbonyl (C=O) groups is 3. The van der Waals surface area contributed by atoms with Gasteiger partial charge in [0.15, 0.2) is 0 Å². The Morgan fingerprint density at radius 2 is 1.86 bits per heavy atom. The van der Waals surface area contributed by atoms with E-state index in [1.807, 2.05) is 13.0 Å². The van der Waals surface area contributed by atoms with Gasteiger partial charge in [0.25, 0.3) is 0 Å². The molecule has 0 aromatic heterocycles. The second-order valence-corrected chi connectivity index (χ2v) is 7.11. The maximum atomic E-state index is 13.0. The Morgan fingerprint density at radius 3 is 2.59 bits per heavy atom. The first kappa shape index (κ1) is 20.5. The zero-order valence-electron chi connectivity index (χ0n) is 16.3. The van der Waals surface area contributed by atoms with Crippen molar-refractivity contribution >= 4 is 34.8 Å². The zero-order valence-corrected chi connectivity index (χ0v) is 16.3. The maximum Gasteiger partial charge on any atom is 0.241 e. The summed E-state index contributed by atoms with van der Waals surface area (Å²) in [7, 11) is 1.67. The number of nitrogens with one attached hydrogen (secondary N) is 2. The number of carbonyl (C=O) groups excluding carboxylic acids is 3. The Morgan fingerprint density at radius 1 is 1.17 bits per heavy atom. The quantitative estimate of drug-likeness (QED) is 0.811. The minimum Gasteiger partial charge on any atom is -0.325 e. The van der Waals surface area contributed by atoms with Crippen molar-refractivity contribution in [1.29, 1.82) is 0 Å². The van der Waals surface area contributed by atoms with Gasteiger partial charge in [-0.2, -0.15) is 0 Å². The summed E-state index contributed by atoms with van der Waals surface area (Å²) in [5.74, 6) is -1.05. The summed E-state index contributed by atoms with van der Waals surface area (Å²) in [6.45, 7) is 1.81. The highest BCUT2D eigenvalue weighted by Crippen LogP contribution is 2.31. The molecule has 1 unspecified atom stereocenters. The molecule has 29 heavy (non-hydrogen) atoms. The monoisotopic (exact) mass is 398 g/mol. The van der Waals surface area contributed by atoms with Crippen LogP contribution in [0.4, 0.5) is 21.5 Å². The molecule has 0 fully saturated rings. The largest absolute Gasteiger partial charge is 0.325 e. The summed E-state index contributed by atoms with van der Waals surface area (Å²) in [5, 5.41) is 5.48. The van der Waals surface area contributed by atoms with Crippen molar-refractivity contribution in [2.24, 2.45) is 0 Å². The number of benzene rings is 2. The highest BCUT2D eigenvalue weighted by Gasteiger charge is 2.30. The third-order valence-electron chi connectivity index (χ3n) is 4.57. The van der Waals surface area contributed by atoms with E-state index in [1.165, 1.54) is 24.3 Å². The number of halogens is 1. The molecule has 0 aliphatic carbocycles. The van der Waals surface area contributed by atoms with E-state index in [0.29, 0.717) is 17.1 Å². The summed E-state index contributed by atoms with van der Waals surface area (Å²) in [4.78, 5) is 40.4. The molecule has 1 aliphatic rings. The molecule has 0 radical (unpaired) electrons. The molecular weight excluding hydrogens is 375 g/mol. The van der Waals surface area contributed by atoms with Gasteiger partial charge in [0.1, 0.15) is 5.82 Å². The number of para-hydroxylation sites is 2. The van der Waals surface area contributed by atoms with Crippen LogP contribution in [0, 0.1) is 5.82 Å². The lowest BCUT2D eigenvalue weighted by Gasteiger charge is -2.29. The van der Waals surface area contributed by atoms with E-state index in [1.54, 1.807) is 35.0 Å². The van der Waals surface area contributed by atoms with Gasteiger partial charge in [0, 0.05) is 18.2 Å². The summed E-state index contributed by atoms with van der Waals surface area (Å²) in [5.41, 5.74) is 1.71. The minimum atomic E-state index is -0.384. The SMILES string of the molecule is CC1CC(=O)Nc2ccccc2N1C(=O)CN(C)CC(=O)Nc1ccc(F)cc1. The molecule has 152 valence electrons. The van der Waals surface area contributed by atoms with Crippen molar-refractivity contribution in [1.82, 2.24) is 4.90 Å². The number of hydrogen-bond acceptors (Lipinski definition) is 4. The van der Waals surface area contributed by atoms with Crippen LogP contribution in [-0.2, 0) is 14.4 Å². The number of anilines is 3. The van der Waals surface area contributed by atoms with E-state index in [0.717, 1.165) is 0 Å². The molecule has 0 spiro atoms. The molecule has 0 bridgehead atoms. The Labute approximate surface area is 168 Å². The van der Waals surface area contributed by atoms with Crippen LogP contribution in [0.25, 0.3) is 0 Å². The van der Waals surface area contributed by atoms with E-state index in [9.17, 15) is 18.8 Å². The predicted molar refractivity (Wildman–Crippen MR) is 109 cm³/mol. The van der Waals surface area contributed by atoms with E-state index in [-0.39, 0.29) is 49.1 Å². The molecule has 0 saturated carbocycles. The second kappa shape index (κ2) is 8.83. The average molecular weight is 398 g/mol. The van der Waals surface area contributed by atoms with Crippen molar-refractivity contribution in [2.75, 3.05) is 35.7 Å². The van der Waals surface area contributed by atoms with Gasteiger partial charge < -0.3 is 15.5 Å². The average Bonchev–Trinajstić information content (AvgIpc) is 2.77. The molecule has 3 amide bonds. The first-order chi connectivity index (χ1) is 13.8. The summed E-state index contributed by atoms with van der Waals surface area (Å²) in [6.07, 6.45) is 0.190. The smallest absolute Gasteiger partial charge is 0.241 e. The molecule has 0 saturated heterocycles. The Kier molecular flexibility index (Phi) is 6.23. The molecule has 7 nitrogen and oxygen atoms in total. The van der Waals surface area contributed by atoms with Gasteiger partial charge in [0.05, 0.1) is 24.5 Å². The third-order valence-corrected chi connectivity index (χ3v) is 4.57. The lowest BCUT2D eigenvalue weighted by molar-refractivity contribution is -0.121. The molecule has 1 heterocycles. The molecular formula is C21H23FN4O3. The molecule has 1 aliphatic heterocycles. The highest BCUT2D eigenvalue weighted by molar-refractivity contribution is 6.05. The van der Waals surface area contributed by atoms with Gasteiger partial charge in [-0.05, 0) is 50.4 Å². The number of amides is 3. The Balaban J connectivity index is 1.64. The van der Waals surface area contributed by atoms with Gasteiger partial charge in [0.2, 0.25) is 17.7 Å². The number of nitrogens with zero attached hydrogens (tertiary/aromatic N) is 2. The molecule has 1 atom stereocenters. The normalized spacial score (nSPS) is 16.1. The van der Waals surface area contributed by atoms with Crippen LogP contribution >= 0.6 is 0 Å². The fraction of sp³-hybridized carbons (Fsp3) is 0.286. The standard InChI is InChI=1S/C21H23FN4O3/c1-14-11-19(27)24-17-5-3-4-6-18(17)26(14)21(29)13-25(2)12-20(28)23-16-9-7-15(22)8-10-16/h3-10,14H,11-13H2,1-2H3,(H,23,28)(H,24,27). The van der Waals surface area contributed by atoms with Gasteiger partial charge >= 0.3 is 0 Å². The van der Waals surface area contributed by atoms with Crippen molar-refractivity contribution in [3.63, 3.8) is 0 Å². The number of fused-ring (bicyclic) bond motifs is 1. The first-order valence-electron chi connectivity index (χ1n) is 9.28. The van der Waals surface area contributed by atoms with Crippen LogP contribution in [0.3, 0.4) is 0 Å². The molecule has 3 rings (SSSR count). The fourth-order valence-corrected chi connectivity index (χ4v) is 3.31. The molecule has 2 aromatic rings. The van der Waals surface area contributed by atoms with Crippen LogP contribution in [0.15, 0.2) is 48.5 Å². The maximum absolute atomic E-state index is 13.0. The highest BCUT2D eigenvalue weighted by atomic mass is 19.1. The topological polar surface area (TPSA) is 81.8 Å². The van der Waals surface area contributed by atoms with Crippen molar-refractivity contribution in [3.05, 3.63) is 54.3 Å². The Hall–Kier alpha value is -3.26. The third kappa shape index (κ3) is 5.17. The lowest BCUT2D eigenvalue weighted by atomic mass is 10.1. The molecule has 8 heteroatoms. The van der Waals surface area contributed by atoms with Crippen LogP contribution in [0.5, 0.6) is 0 Å². The van der Waals surface area contributed by atoms with Crippen LogP contribution in [0.1, 0.15) is 13.3 Å². The van der Waals surface area contributed by atoms with Crippen molar-refractivity contribution in [3.8, 4) is 0 Å². The first-order valence-corrected chi connectivity index (χ1v) is 9.28. The van der Waals surface area contributed by atoms with E-state index in [4.69, 9.17) is 0 Å². The number of hydrogen-bond donors (Lipinski definition) is 2. The van der Waals surface area contributed by atoms with Crippen LogP contribution in [-0.4, -0.2) is 48.8 Å². The predicted octanol–water partition coefficient (Wildman–Crippen LogP) is 2.46. The molecule has 2 N–H and O–H groups in total. The summed E-state index contributed by atoms with van der Waals surface area (Å²) in [6, 6.07) is 12.3. The van der Waals surface area contributed by atoms with Gasteiger partial charge in [-0.15, -0.1) is 0 Å². The van der Waals surface area contributed by atoms with Gasteiger partial charge in [-0.3, -0.25) is 19.3 Å². The van der Waals surface area contributed by atoms with Crippen molar-refractivity contribution in [2.45, 2.75) is 19.4 Å². The summed E-state index contributed by atoms with van der Waals surface area (Å²) < 4.78 is 13.0. The zero-order chi connectivity index (χ0) is 21.0. The van der Waals surface area contributed by atoms with E-state index in [2.05, 4.69) is 10.6 Å². The van der Waals surface area contributed by atoms with Crippen molar-refractivity contribution < 1.29 is 18.8 Å². The van der Waals surface area contributed by atoms with E-state index < -0.39 is 0 Å². The fourth-order valence-electron chi connectivity index (χ4n) is 3.31. The summed E-state index contributed by atoms with van der Waals surface area (Å²) >= 11 is 0. The molecule has 2 aromatic carbocycles. The van der Waals surface area contributed by atoms with Gasteiger partial charge in [-0.1, -0.05) is 12.1 Å².